The highest BCUT2D eigenvalue weighted by Gasteiger charge is 2.17. The second-order valence-corrected chi connectivity index (χ2v) is 6.35. The van der Waals surface area contributed by atoms with Gasteiger partial charge in [-0.05, 0) is 37.3 Å². The minimum atomic E-state index is -0.631. The Kier molecular flexibility index (Phi) is 6.11. The molecule has 8 heteroatoms. The van der Waals surface area contributed by atoms with Crippen molar-refractivity contribution in [2.75, 3.05) is 13.7 Å². The van der Waals surface area contributed by atoms with Crippen LogP contribution in [0, 0.1) is 5.82 Å². The Hall–Kier alpha value is -3.42. The Morgan fingerprint density at radius 1 is 1.07 bits per heavy atom. The average molecular weight is 400 g/mol. The standard InChI is InChI=1S/C21H21FN2O5/c1-3-23-16-6-4-5-7-17(16)24(21(23)27)11-10-20(26)29-13-18(25)15-12-14(22)8-9-19(15)28-2/h4-9,12H,3,10-11,13H2,1-2H3. The number of para-hydroxylation sites is 2. The number of hydrogen-bond donors (Lipinski definition) is 0. The Bertz CT molecular complexity index is 1120. The number of nitrogens with zero attached hydrogens (tertiary/aromatic N) is 2. The third kappa shape index (κ3) is 4.21. The number of Topliss-reactive ketones (excluding diaryl/α,β-unsaturated/α-hetero) is 1. The van der Waals surface area contributed by atoms with E-state index in [1.165, 1.54) is 23.8 Å². The Morgan fingerprint density at radius 2 is 1.76 bits per heavy atom. The Labute approximate surface area is 166 Å². The number of halogens is 1. The van der Waals surface area contributed by atoms with Gasteiger partial charge in [-0.1, -0.05) is 12.1 Å². The number of fused-ring (bicyclic) bond motifs is 1. The van der Waals surface area contributed by atoms with E-state index >= 15 is 0 Å². The van der Waals surface area contributed by atoms with Gasteiger partial charge in [0.1, 0.15) is 11.6 Å². The van der Waals surface area contributed by atoms with Crippen LogP contribution in [0.1, 0.15) is 23.7 Å². The lowest BCUT2D eigenvalue weighted by Gasteiger charge is -2.09. The number of ketones is 1. The zero-order chi connectivity index (χ0) is 21.0. The lowest BCUT2D eigenvalue weighted by molar-refractivity contribution is -0.142. The largest absolute Gasteiger partial charge is 0.496 e. The molecule has 0 aliphatic carbocycles. The van der Waals surface area contributed by atoms with Gasteiger partial charge in [0.05, 0.1) is 30.1 Å². The number of ether oxygens (including phenoxy) is 2. The number of benzene rings is 2. The van der Waals surface area contributed by atoms with Crippen LogP contribution in [-0.4, -0.2) is 34.6 Å². The second kappa shape index (κ2) is 8.72. The summed E-state index contributed by atoms with van der Waals surface area (Å²) < 4.78 is 26.6. The molecule has 0 atom stereocenters. The molecule has 0 unspecified atom stereocenters. The van der Waals surface area contributed by atoms with Crippen LogP contribution in [0.4, 0.5) is 4.39 Å². The van der Waals surface area contributed by atoms with Gasteiger partial charge >= 0.3 is 11.7 Å². The molecule has 0 radical (unpaired) electrons. The molecular weight excluding hydrogens is 379 g/mol. The van der Waals surface area contributed by atoms with E-state index in [-0.39, 0.29) is 30.0 Å². The number of rotatable bonds is 8. The molecular formula is C21H21FN2O5. The van der Waals surface area contributed by atoms with Crippen LogP contribution < -0.4 is 10.4 Å². The number of methoxy groups -OCH3 is 1. The summed E-state index contributed by atoms with van der Waals surface area (Å²) in [6.45, 7) is 1.98. The van der Waals surface area contributed by atoms with Gasteiger partial charge in [-0.25, -0.2) is 9.18 Å². The van der Waals surface area contributed by atoms with Crippen molar-refractivity contribution in [1.29, 1.82) is 0 Å². The van der Waals surface area contributed by atoms with Crippen LogP contribution in [0.5, 0.6) is 5.75 Å². The zero-order valence-corrected chi connectivity index (χ0v) is 16.2. The van der Waals surface area contributed by atoms with Crippen LogP contribution in [-0.2, 0) is 22.6 Å². The maximum atomic E-state index is 13.4. The first-order valence-corrected chi connectivity index (χ1v) is 9.16. The molecule has 0 saturated carbocycles. The molecule has 29 heavy (non-hydrogen) atoms. The monoisotopic (exact) mass is 400 g/mol. The molecule has 0 aliphatic rings. The van der Waals surface area contributed by atoms with Crippen molar-refractivity contribution < 1.29 is 23.5 Å². The van der Waals surface area contributed by atoms with Crippen molar-refractivity contribution >= 4 is 22.8 Å². The summed E-state index contributed by atoms with van der Waals surface area (Å²) in [6, 6.07) is 10.9. The van der Waals surface area contributed by atoms with Crippen LogP contribution >= 0.6 is 0 Å². The van der Waals surface area contributed by atoms with E-state index in [1.807, 2.05) is 31.2 Å². The van der Waals surface area contributed by atoms with Gasteiger partial charge in [0, 0.05) is 13.1 Å². The molecule has 0 bridgehead atoms. The first kappa shape index (κ1) is 20.3. The van der Waals surface area contributed by atoms with E-state index in [1.54, 1.807) is 4.57 Å². The highest BCUT2D eigenvalue weighted by Crippen LogP contribution is 2.20. The summed E-state index contributed by atoms with van der Waals surface area (Å²) in [5.41, 5.74) is 1.32. The quantitative estimate of drug-likeness (QED) is 0.429. The molecule has 0 saturated heterocycles. The highest BCUT2D eigenvalue weighted by molar-refractivity contribution is 6.00. The van der Waals surface area contributed by atoms with Crippen LogP contribution in [0.15, 0.2) is 47.3 Å². The van der Waals surface area contributed by atoms with Crippen molar-refractivity contribution in [3.63, 3.8) is 0 Å². The predicted molar refractivity (Wildman–Crippen MR) is 105 cm³/mol. The molecule has 0 spiro atoms. The fourth-order valence-electron chi connectivity index (χ4n) is 3.19. The first-order valence-electron chi connectivity index (χ1n) is 9.16. The fraction of sp³-hybridized carbons (Fsp3) is 0.286. The molecule has 0 fully saturated rings. The maximum Gasteiger partial charge on any atom is 0.329 e. The number of carbonyl (C=O) groups excluding carboxylic acids is 2. The number of aryl methyl sites for hydroxylation is 2. The van der Waals surface area contributed by atoms with Gasteiger partial charge in [0.15, 0.2) is 6.61 Å². The summed E-state index contributed by atoms with van der Waals surface area (Å²) in [7, 11) is 1.36. The van der Waals surface area contributed by atoms with E-state index in [4.69, 9.17) is 9.47 Å². The Balaban J connectivity index is 1.65. The van der Waals surface area contributed by atoms with E-state index in [2.05, 4.69) is 0 Å². The lowest BCUT2D eigenvalue weighted by atomic mass is 10.1. The molecule has 1 aromatic heterocycles. The van der Waals surface area contributed by atoms with Gasteiger partial charge in [0.25, 0.3) is 0 Å². The maximum absolute atomic E-state index is 13.4. The van der Waals surface area contributed by atoms with E-state index in [0.717, 1.165) is 17.1 Å². The molecule has 1 heterocycles. The molecule has 2 aromatic carbocycles. The minimum Gasteiger partial charge on any atom is -0.496 e. The number of esters is 1. The summed E-state index contributed by atoms with van der Waals surface area (Å²) >= 11 is 0. The van der Waals surface area contributed by atoms with Crippen molar-refractivity contribution in [2.24, 2.45) is 0 Å². The van der Waals surface area contributed by atoms with Crippen LogP contribution in [0.3, 0.4) is 0 Å². The van der Waals surface area contributed by atoms with Gasteiger partial charge in [0.2, 0.25) is 5.78 Å². The van der Waals surface area contributed by atoms with Gasteiger partial charge in [-0.15, -0.1) is 0 Å². The first-order chi connectivity index (χ1) is 14.0. The average Bonchev–Trinajstić information content (AvgIpc) is 3.00. The van der Waals surface area contributed by atoms with Crippen molar-refractivity contribution in [3.05, 3.63) is 64.3 Å². The number of hydrogen-bond acceptors (Lipinski definition) is 5. The summed E-state index contributed by atoms with van der Waals surface area (Å²) in [5, 5.41) is 0. The van der Waals surface area contributed by atoms with E-state index in [0.29, 0.717) is 6.54 Å². The lowest BCUT2D eigenvalue weighted by Crippen LogP contribution is -2.25. The summed E-state index contributed by atoms with van der Waals surface area (Å²) in [6.07, 6.45) is -0.0782. The minimum absolute atomic E-state index is 0.00235. The molecule has 0 amide bonds. The fourth-order valence-corrected chi connectivity index (χ4v) is 3.19. The highest BCUT2D eigenvalue weighted by atomic mass is 19.1. The molecule has 0 N–H and O–H groups in total. The van der Waals surface area contributed by atoms with Crippen molar-refractivity contribution in [3.8, 4) is 5.75 Å². The van der Waals surface area contributed by atoms with Gasteiger partial charge < -0.3 is 9.47 Å². The van der Waals surface area contributed by atoms with E-state index in [9.17, 15) is 18.8 Å². The number of imidazole rings is 1. The predicted octanol–water partition coefficient (Wildman–Crippen LogP) is 2.79. The molecule has 152 valence electrons. The smallest absolute Gasteiger partial charge is 0.329 e. The SMILES string of the molecule is CCn1c(=O)n(CCC(=O)OCC(=O)c2cc(F)ccc2OC)c2ccccc21. The van der Waals surface area contributed by atoms with Crippen molar-refractivity contribution in [1.82, 2.24) is 9.13 Å². The Morgan fingerprint density at radius 3 is 2.41 bits per heavy atom. The molecule has 3 aromatic rings. The van der Waals surface area contributed by atoms with Gasteiger partial charge in [-0.2, -0.15) is 0 Å². The summed E-state index contributed by atoms with van der Waals surface area (Å²) in [4.78, 5) is 36.9. The van der Waals surface area contributed by atoms with E-state index < -0.39 is 24.2 Å². The summed E-state index contributed by atoms with van der Waals surface area (Å²) in [5.74, 6) is -1.60. The third-order valence-corrected chi connectivity index (χ3v) is 4.61. The van der Waals surface area contributed by atoms with Crippen LogP contribution in [0.25, 0.3) is 11.0 Å². The number of carbonyl (C=O) groups is 2. The molecule has 3 rings (SSSR count). The zero-order valence-electron chi connectivity index (χ0n) is 16.2. The molecule has 0 aliphatic heterocycles. The van der Waals surface area contributed by atoms with Gasteiger partial charge in [-0.3, -0.25) is 18.7 Å². The van der Waals surface area contributed by atoms with Crippen LogP contribution in [0.2, 0.25) is 0 Å². The normalized spacial score (nSPS) is 10.9. The topological polar surface area (TPSA) is 79.5 Å². The third-order valence-electron chi connectivity index (χ3n) is 4.61. The molecule has 7 nitrogen and oxygen atoms in total. The van der Waals surface area contributed by atoms with Crippen molar-refractivity contribution in [2.45, 2.75) is 26.4 Å². The second-order valence-electron chi connectivity index (χ2n) is 6.35. The number of aromatic nitrogens is 2.